The number of halogens is 1. The van der Waals surface area contributed by atoms with Crippen molar-refractivity contribution >= 4 is 17.5 Å². The van der Waals surface area contributed by atoms with Crippen LogP contribution in [0.15, 0.2) is 24.3 Å². The molecular formula is C18H25FN4O2. The van der Waals surface area contributed by atoms with Gasteiger partial charge in [-0.15, -0.1) is 0 Å². The van der Waals surface area contributed by atoms with E-state index >= 15 is 0 Å². The summed E-state index contributed by atoms with van der Waals surface area (Å²) in [7, 11) is 0. The van der Waals surface area contributed by atoms with Crippen molar-refractivity contribution in [2.45, 2.75) is 19.4 Å². The normalized spacial score (nSPS) is 22.9. The van der Waals surface area contributed by atoms with Gasteiger partial charge in [0.1, 0.15) is 5.82 Å². The van der Waals surface area contributed by atoms with Gasteiger partial charge in [-0.1, -0.05) is 0 Å². The van der Waals surface area contributed by atoms with Crippen LogP contribution in [-0.2, 0) is 9.59 Å². The van der Waals surface area contributed by atoms with Crippen molar-refractivity contribution in [3.63, 3.8) is 0 Å². The Bertz CT molecular complexity index is 628. The Morgan fingerprint density at radius 1 is 1.12 bits per heavy atom. The number of rotatable bonds is 4. The smallest absolute Gasteiger partial charge is 0.239 e. The minimum absolute atomic E-state index is 0.101. The zero-order valence-electron chi connectivity index (χ0n) is 14.5. The number of likely N-dealkylation sites (tertiary alicyclic amines) is 1. The minimum Gasteiger partial charge on any atom is -0.369 e. The SMILES string of the molecule is C[C@H](C(=O)N1CCN(c2ccc(F)cc2)CC1)N1CC[C@H](C(N)=O)C1. The maximum Gasteiger partial charge on any atom is 0.239 e. The molecule has 0 radical (unpaired) electrons. The van der Waals surface area contributed by atoms with Gasteiger partial charge in [0.15, 0.2) is 0 Å². The number of hydrogen-bond acceptors (Lipinski definition) is 4. The number of anilines is 1. The van der Waals surface area contributed by atoms with E-state index in [9.17, 15) is 14.0 Å². The maximum atomic E-state index is 13.0. The monoisotopic (exact) mass is 348 g/mol. The largest absolute Gasteiger partial charge is 0.369 e. The van der Waals surface area contributed by atoms with Gasteiger partial charge in [-0.05, 0) is 44.2 Å². The third-order valence-electron chi connectivity index (χ3n) is 5.31. The number of hydrogen-bond donors (Lipinski definition) is 1. The highest BCUT2D eigenvalue weighted by atomic mass is 19.1. The van der Waals surface area contributed by atoms with Crippen molar-refractivity contribution in [1.82, 2.24) is 9.80 Å². The molecule has 136 valence electrons. The second kappa shape index (κ2) is 7.39. The molecule has 0 saturated carbocycles. The average molecular weight is 348 g/mol. The highest BCUT2D eigenvalue weighted by molar-refractivity contribution is 5.82. The van der Waals surface area contributed by atoms with Gasteiger partial charge in [-0.2, -0.15) is 0 Å². The lowest BCUT2D eigenvalue weighted by Gasteiger charge is -2.38. The number of piperazine rings is 1. The predicted molar refractivity (Wildman–Crippen MR) is 93.5 cm³/mol. The second-order valence-electron chi connectivity index (χ2n) is 6.85. The molecule has 0 aliphatic carbocycles. The Morgan fingerprint density at radius 2 is 1.76 bits per heavy atom. The molecule has 2 heterocycles. The molecule has 0 spiro atoms. The van der Waals surface area contributed by atoms with Gasteiger partial charge in [0.25, 0.3) is 0 Å². The van der Waals surface area contributed by atoms with Crippen molar-refractivity contribution in [2.24, 2.45) is 11.7 Å². The average Bonchev–Trinajstić information content (AvgIpc) is 3.12. The van der Waals surface area contributed by atoms with Crippen LogP contribution in [0.4, 0.5) is 10.1 Å². The molecule has 0 bridgehead atoms. The second-order valence-corrected chi connectivity index (χ2v) is 6.85. The molecule has 2 amide bonds. The van der Waals surface area contributed by atoms with Gasteiger partial charge in [-0.25, -0.2) is 4.39 Å². The Morgan fingerprint density at radius 3 is 2.32 bits per heavy atom. The molecular weight excluding hydrogens is 323 g/mol. The molecule has 2 fully saturated rings. The summed E-state index contributed by atoms with van der Waals surface area (Å²) in [4.78, 5) is 30.1. The fourth-order valence-corrected chi connectivity index (χ4v) is 3.63. The third-order valence-corrected chi connectivity index (χ3v) is 5.31. The van der Waals surface area contributed by atoms with Crippen LogP contribution >= 0.6 is 0 Å². The number of carbonyl (C=O) groups excluding carboxylic acids is 2. The summed E-state index contributed by atoms with van der Waals surface area (Å²) in [5, 5.41) is 0. The van der Waals surface area contributed by atoms with Crippen LogP contribution in [0.25, 0.3) is 0 Å². The molecule has 7 heteroatoms. The lowest BCUT2D eigenvalue weighted by Crippen LogP contribution is -2.54. The quantitative estimate of drug-likeness (QED) is 0.868. The molecule has 0 aromatic heterocycles. The number of primary amides is 1. The number of amides is 2. The molecule has 2 aliphatic heterocycles. The van der Waals surface area contributed by atoms with E-state index in [2.05, 4.69) is 4.90 Å². The van der Waals surface area contributed by atoms with Crippen LogP contribution in [-0.4, -0.2) is 66.9 Å². The standard InChI is InChI=1S/C18H25FN4O2/c1-13(23-7-6-14(12-23)17(20)24)18(25)22-10-8-21(9-11-22)16-4-2-15(19)3-5-16/h2-5,13-14H,6-12H2,1H3,(H2,20,24)/t13-,14+/m1/s1. The zero-order valence-corrected chi connectivity index (χ0v) is 14.5. The van der Waals surface area contributed by atoms with Crippen LogP contribution in [0.2, 0.25) is 0 Å². The van der Waals surface area contributed by atoms with Gasteiger partial charge in [0, 0.05) is 38.4 Å². The molecule has 0 unspecified atom stereocenters. The zero-order chi connectivity index (χ0) is 18.0. The van der Waals surface area contributed by atoms with Gasteiger partial charge in [0.2, 0.25) is 11.8 Å². The van der Waals surface area contributed by atoms with E-state index in [-0.39, 0.29) is 29.6 Å². The summed E-state index contributed by atoms with van der Waals surface area (Å²) in [6.07, 6.45) is 0.727. The van der Waals surface area contributed by atoms with Crippen molar-refractivity contribution in [2.75, 3.05) is 44.2 Å². The van der Waals surface area contributed by atoms with Crippen LogP contribution < -0.4 is 10.6 Å². The molecule has 1 aromatic rings. The topological polar surface area (TPSA) is 69.9 Å². The van der Waals surface area contributed by atoms with E-state index in [0.717, 1.165) is 31.7 Å². The molecule has 2 aliphatic rings. The predicted octanol–water partition coefficient (Wildman–Crippen LogP) is 0.670. The highest BCUT2D eigenvalue weighted by Gasteiger charge is 2.34. The maximum absolute atomic E-state index is 13.0. The Kier molecular flexibility index (Phi) is 5.22. The Hall–Kier alpha value is -2.15. The van der Waals surface area contributed by atoms with E-state index in [1.54, 1.807) is 12.1 Å². The van der Waals surface area contributed by atoms with Crippen molar-refractivity contribution < 1.29 is 14.0 Å². The summed E-state index contributed by atoms with van der Waals surface area (Å²) >= 11 is 0. The molecule has 3 rings (SSSR count). The summed E-state index contributed by atoms with van der Waals surface area (Å²) < 4.78 is 13.0. The van der Waals surface area contributed by atoms with Crippen molar-refractivity contribution in [3.05, 3.63) is 30.1 Å². The third kappa shape index (κ3) is 3.92. The molecule has 2 N–H and O–H groups in total. The van der Waals surface area contributed by atoms with E-state index in [1.807, 2.05) is 16.7 Å². The first-order valence-electron chi connectivity index (χ1n) is 8.78. The number of nitrogens with zero attached hydrogens (tertiary/aromatic N) is 3. The van der Waals surface area contributed by atoms with E-state index in [0.29, 0.717) is 19.6 Å². The van der Waals surface area contributed by atoms with Gasteiger partial charge in [-0.3, -0.25) is 14.5 Å². The fraction of sp³-hybridized carbons (Fsp3) is 0.556. The van der Waals surface area contributed by atoms with E-state index < -0.39 is 0 Å². The van der Waals surface area contributed by atoms with Crippen LogP contribution in [0.5, 0.6) is 0 Å². The van der Waals surface area contributed by atoms with Gasteiger partial charge in [0.05, 0.1) is 12.0 Å². The summed E-state index contributed by atoms with van der Waals surface area (Å²) in [6.45, 7) is 5.95. The van der Waals surface area contributed by atoms with Crippen molar-refractivity contribution in [3.8, 4) is 0 Å². The molecule has 25 heavy (non-hydrogen) atoms. The van der Waals surface area contributed by atoms with Gasteiger partial charge >= 0.3 is 0 Å². The molecule has 6 nitrogen and oxygen atoms in total. The lowest BCUT2D eigenvalue weighted by atomic mass is 10.1. The first-order chi connectivity index (χ1) is 12.0. The Balaban J connectivity index is 1.53. The van der Waals surface area contributed by atoms with Crippen LogP contribution in [0.3, 0.4) is 0 Å². The van der Waals surface area contributed by atoms with Crippen LogP contribution in [0.1, 0.15) is 13.3 Å². The lowest BCUT2D eigenvalue weighted by molar-refractivity contribution is -0.136. The number of carbonyl (C=O) groups is 2. The van der Waals surface area contributed by atoms with E-state index in [4.69, 9.17) is 5.73 Å². The summed E-state index contributed by atoms with van der Waals surface area (Å²) in [6, 6.07) is 6.21. The number of benzene rings is 1. The number of nitrogens with two attached hydrogens (primary N) is 1. The van der Waals surface area contributed by atoms with E-state index in [1.165, 1.54) is 12.1 Å². The summed E-state index contributed by atoms with van der Waals surface area (Å²) in [5.74, 6) is -0.573. The molecule has 1 aromatic carbocycles. The van der Waals surface area contributed by atoms with Crippen molar-refractivity contribution in [1.29, 1.82) is 0 Å². The fourth-order valence-electron chi connectivity index (χ4n) is 3.63. The highest BCUT2D eigenvalue weighted by Crippen LogP contribution is 2.21. The first-order valence-corrected chi connectivity index (χ1v) is 8.78. The molecule has 2 saturated heterocycles. The van der Waals surface area contributed by atoms with Crippen LogP contribution in [0, 0.1) is 11.7 Å². The summed E-state index contributed by atoms with van der Waals surface area (Å²) in [5.41, 5.74) is 6.35. The Labute approximate surface area is 147 Å². The molecule has 2 atom stereocenters. The first kappa shape index (κ1) is 17.7. The minimum atomic E-state index is -0.282. The van der Waals surface area contributed by atoms with Gasteiger partial charge < -0.3 is 15.5 Å².